The molecule has 0 amide bonds. The van der Waals surface area contributed by atoms with E-state index < -0.39 is 0 Å². The smallest absolute Gasteiger partial charge is 0.0930 e. The Morgan fingerprint density at radius 1 is 1.42 bits per heavy atom. The van der Waals surface area contributed by atoms with Crippen LogP contribution in [-0.2, 0) is 6.42 Å². The van der Waals surface area contributed by atoms with Crippen LogP contribution < -0.4 is 11.1 Å². The molecule has 1 saturated heterocycles. The van der Waals surface area contributed by atoms with Crippen LogP contribution in [0.15, 0.2) is 36.7 Å². The van der Waals surface area contributed by atoms with Crippen LogP contribution in [0, 0.1) is 5.92 Å². The van der Waals surface area contributed by atoms with Crippen molar-refractivity contribution in [2.75, 3.05) is 25.5 Å². The molecule has 0 aromatic heterocycles. The van der Waals surface area contributed by atoms with Gasteiger partial charge in [0, 0.05) is 5.69 Å². The predicted molar refractivity (Wildman–Crippen MR) is 81.9 cm³/mol. The lowest BCUT2D eigenvalue weighted by atomic mass is 9.91. The summed E-state index contributed by atoms with van der Waals surface area (Å²) in [5.41, 5.74) is 7.98. The topological polar surface area (TPSA) is 41.3 Å². The molecule has 0 radical (unpaired) electrons. The first-order valence-corrected chi connectivity index (χ1v) is 7.12. The summed E-state index contributed by atoms with van der Waals surface area (Å²) in [5, 5.41) is 3.07. The second kappa shape index (κ2) is 6.62. The van der Waals surface area contributed by atoms with Gasteiger partial charge in [0.25, 0.3) is 0 Å². The molecule has 2 rings (SSSR count). The summed E-state index contributed by atoms with van der Waals surface area (Å²) >= 11 is 0. The lowest BCUT2D eigenvalue weighted by molar-refractivity contribution is 0.212. The molecule has 1 heterocycles. The number of rotatable bonds is 5. The van der Waals surface area contributed by atoms with Gasteiger partial charge in [-0.1, -0.05) is 18.7 Å². The van der Waals surface area contributed by atoms with Crippen molar-refractivity contribution in [1.82, 2.24) is 4.90 Å². The third-order valence-corrected chi connectivity index (χ3v) is 3.91. The van der Waals surface area contributed by atoms with E-state index in [9.17, 15) is 0 Å². The fourth-order valence-corrected chi connectivity index (χ4v) is 2.71. The van der Waals surface area contributed by atoms with Crippen molar-refractivity contribution < 1.29 is 0 Å². The molecular formula is C16H25N3. The maximum Gasteiger partial charge on any atom is 0.0930 e. The van der Waals surface area contributed by atoms with E-state index in [0.717, 1.165) is 18.0 Å². The number of anilines is 1. The first kappa shape index (κ1) is 13.9. The number of hydrogen-bond acceptors (Lipinski definition) is 3. The molecule has 0 unspecified atom stereocenters. The number of aryl methyl sites for hydroxylation is 1. The van der Waals surface area contributed by atoms with Crippen molar-refractivity contribution in [3.63, 3.8) is 0 Å². The number of nitrogens with one attached hydrogen (secondary N) is 1. The zero-order chi connectivity index (χ0) is 13.7. The molecule has 0 spiro atoms. The van der Waals surface area contributed by atoms with Crippen molar-refractivity contribution in [3.05, 3.63) is 42.2 Å². The highest BCUT2D eigenvalue weighted by Crippen LogP contribution is 2.22. The Morgan fingerprint density at radius 3 is 2.84 bits per heavy atom. The standard InChI is InChI=1S/C16H25N3/c1-13(17)18-16-5-3-4-15(12-16)7-6-14-8-10-19(2)11-9-14/h3-5,12,14,18H,1,6-11,17H2,2H3. The van der Waals surface area contributed by atoms with Gasteiger partial charge < -0.3 is 16.0 Å². The molecule has 3 nitrogen and oxygen atoms in total. The lowest BCUT2D eigenvalue weighted by Gasteiger charge is -2.28. The molecule has 1 aromatic rings. The molecule has 1 aliphatic heterocycles. The van der Waals surface area contributed by atoms with E-state index in [1.165, 1.54) is 37.9 Å². The zero-order valence-electron chi connectivity index (χ0n) is 11.9. The Kier molecular flexibility index (Phi) is 4.86. The highest BCUT2D eigenvalue weighted by Gasteiger charge is 2.16. The number of piperidine rings is 1. The Bertz CT molecular complexity index is 420. The van der Waals surface area contributed by atoms with E-state index in [2.05, 4.69) is 42.0 Å². The fraction of sp³-hybridized carbons (Fsp3) is 0.500. The minimum Gasteiger partial charge on any atom is -0.386 e. The van der Waals surface area contributed by atoms with Crippen molar-refractivity contribution in [3.8, 4) is 0 Å². The molecule has 1 fully saturated rings. The highest BCUT2D eigenvalue weighted by molar-refractivity contribution is 5.49. The summed E-state index contributed by atoms with van der Waals surface area (Å²) < 4.78 is 0. The molecule has 19 heavy (non-hydrogen) atoms. The average Bonchev–Trinajstić information content (AvgIpc) is 2.38. The Hall–Kier alpha value is -1.48. The number of hydrogen-bond donors (Lipinski definition) is 2. The number of benzene rings is 1. The van der Waals surface area contributed by atoms with Crippen molar-refractivity contribution in [1.29, 1.82) is 0 Å². The minimum atomic E-state index is 0.493. The van der Waals surface area contributed by atoms with Gasteiger partial charge in [-0.25, -0.2) is 0 Å². The van der Waals surface area contributed by atoms with E-state index in [1.807, 2.05) is 6.07 Å². The molecule has 3 N–H and O–H groups in total. The van der Waals surface area contributed by atoms with Crippen molar-refractivity contribution in [2.24, 2.45) is 11.7 Å². The van der Waals surface area contributed by atoms with Gasteiger partial charge in [0.15, 0.2) is 0 Å². The van der Waals surface area contributed by atoms with Crippen LogP contribution in [0.1, 0.15) is 24.8 Å². The van der Waals surface area contributed by atoms with Gasteiger partial charge in [-0.15, -0.1) is 0 Å². The normalized spacial score (nSPS) is 17.3. The lowest BCUT2D eigenvalue weighted by Crippen LogP contribution is -2.30. The molecule has 0 saturated carbocycles. The number of nitrogens with two attached hydrogens (primary N) is 1. The summed E-state index contributed by atoms with van der Waals surface area (Å²) in [6.07, 6.45) is 5.13. The first-order chi connectivity index (χ1) is 9.13. The number of likely N-dealkylation sites (tertiary alicyclic amines) is 1. The van der Waals surface area contributed by atoms with Gasteiger partial charge in [0.1, 0.15) is 0 Å². The van der Waals surface area contributed by atoms with E-state index in [0.29, 0.717) is 5.82 Å². The molecular weight excluding hydrogens is 234 g/mol. The van der Waals surface area contributed by atoms with Crippen LogP contribution in [0.25, 0.3) is 0 Å². The SMILES string of the molecule is C=C(N)Nc1cccc(CCC2CCN(C)CC2)c1. The minimum absolute atomic E-state index is 0.493. The van der Waals surface area contributed by atoms with Crippen molar-refractivity contribution >= 4 is 5.69 Å². The van der Waals surface area contributed by atoms with Crippen LogP contribution in [0.3, 0.4) is 0 Å². The van der Waals surface area contributed by atoms with E-state index in [1.54, 1.807) is 0 Å². The Morgan fingerprint density at radius 2 is 2.16 bits per heavy atom. The second-order valence-corrected chi connectivity index (χ2v) is 5.64. The summed E-state index contributed by atoms with van der Waals surface area (Å²) in [6, 6.07) is 8.47. The maximum absolute atomic E-state index is 5.57. The van der Waals surface area contributed by atoms with Crippen molar-refractivity contribution in [2.45, 2.75) is 25.7 Å². The highest BCUT2D eigenvalue weighted by atomic mass is 15.1. The molecule has 1 aromatic carbocycles. The van der Waals surface area contributed by atoms with Crippen LogP contribution in [0.4, 0.5) is 5.69 Å². The quantitative estimate of drug-likeness (QED) is 0.854. The molecule has 0 atom stereocenters. The third-order valence-electron chi connectivity index (χ3n) is 3.91. The average molecular weight is 259 g/mol. The fourth-order valence-electron chi connectivity index (χ4n) is 2.71. The molecule has 1 aliphatic rings. The summed E-state index contributed by atoms with van der Waals surface area (Å²) in [6.45, 7) is 6.17. The first-order valence-electron chi connectivity index (χ1n) is 7.12. The summed E-state index contributed by atoms with van der Waals surface area (Å²) in [4.78, 5) is 2.42. The predicted octanol–water partition coefficient (Wildman–Crippen LogP) is 2.80. The van der Waals surface area contributed by atoms with E-state index in [4.69, 9.17) is 5.73 Å². The van der Waals surface area contributed by atoms with Crippen LogP contribution in [0.5, 0.6) is 0 Å². The van der Waals surface area contributed by atoms with Crippen LogP contribution >= 0.6 is 0 Å². The summed E-state index contributed by atoms with van der Waals surface area (Å²) in [7, 11) is 2.21. The monoisotopic (exact) mass is 259 g/mol. The van der Waals surface area contributed by atoms with Gasteiger partial charge >= 0.3 is 0 Å². The second-order valence-electron chi connectivity index (χ2n) is 5.64. The molecule has 0 bridgehead atoms. The van der Waals surface area contributed by atoms with Gasteiger partial charge in [0.2, 0.25) is 0 Å². The van der Waals surface area contributed by atoms with Gasteiger partial charge in [-0.2, -0.15) is 0 Å². The van der Waals surface area contributed by atoms with Crippen LogP contribution in [-0.4, -0.2) is 25.0 Å². The summed E-state index contributed by atoms with van der Waals surface area (Å²) in [5.74, 6) is 1.38. The molecule has 3 heteroatoms. The zero-order valence-corrected chi connectivity index (χ0v) is 11.9. The van der Waals surface area contributed by atoms with Gasteiger partial charge in [-0.3, -0.25) is 0 Å². The largest absolute Gasteiger partial charge is 0.386 e. The van der Waals surface area contributed by atoms with Crippen LogP contribution in [0.2, 0.25) is 0 Å². The number of nitrogens with zero attached hydrogens (tertiary/aromatic N) is 1. The van der Waals surface area contributed by atoms with E-state index >= 15 is 0 Å². The van der Waals surface area contributed by atoms with Gasteiger partial charge in [-0.05, 0) is 69.4 Å². The molecule has 104 valence electrons. The maximum atomic E-state index is 5.57. The Labute approximate surface area is 116 Å². The van der Waals surface area contributed by atoms with E-state index in [-0.39, 0.29) is 0 Å². The third kappa shape index (κ3) is 4.60. The van der Waals surface area contributed by atoms with Gasteiger partial charge in [0.05, 0.1) is 5.82 Å². The Balaban J connectivity index is 1.83. The molecule has 0 aliphatic carbocycles.